The fraction of sp³-hybridized carbons (Fsp3) is 0.125. The van der Waals surface area contributed by atoms with Gasteiger partial charge in [-0.05, 0) is 23.8 Å². The summed E-state index contributed by atoms with van der Waals surface area (Å²) in [6.07, 6.45) is 0. The Bertz CT molecular complexity index is 877. The molecule has 6 nitrogen and oxygen atoms in total. The van der Waals surface area contributed by atoms with Gasteiger partial charge in [-0.2, -0.15) is 5.10 Å². The van der Waals surface area contributed by atoms with E-state index >= 15 is 0 Å². The number of hydrogen-bond acceptors (Lipinski definition) is 6. The summed E-state index contributed by atoms with van der Waals surface area (Å²) in [5, 5.41) is 13.5. The standard InChI is InChI=1S/C16H16N4O2S/c1-22-12-6-7-13-14(8-12)15(19-20-16(13)21)11-4-2-10(3-5-11)9-18-23-17/h2-8,18H,9,17H2,1H3,(H,20,21). The summed E-state index contributed by atoms with van der Waals surface area (Å²) >= 11 is 1.09. The maximum atomic E-state index is 12.0. The van der Waals surface area contributed by atoms with E-state index in [4.69, 9.17) is 9.88 Å². The van der Waals surface area contributed by atoms with Crippen molar-refractivity contribution in [3.63, 3.8) is 0 Å². The summed E-state index contributed by atoms with van der Waals surface area (Å²) in [5.41, 5.74) is 2.53. The van der Waals surface area contributed by atoms with Gasteiger partial charge in [-0.1, -0.05) is 24.3 Å². The molecule has 0 aliphatic heterocycles. The lowest BCUT2D eigenvalue weighted by Gasteiger charge is -2.08. The van der Waals surface area contributed by atoms with Crippen molar-refractivity contribution in [2.75, 3.05) is 7.11 Å². The van der Waals surface area contributed by atoms with E-state index in [1.165, 1.54) is 0 Å². The topological polar surface area (TPSA) is 93.0 Å². The van der Waals surface area contributed by atoms with Crippen molar-refractivity contribution in [2.45, 2.75) is 6.54 Å². The molecular weight excluding hydrogens is 312 g/mol. The van der Waals surface area contributed by atoms with Crippen molar-refractivity contribution in [2.24, 2.45) is 5.14 Å². The van der Waals surface area contributed by atoms with E-state index in [-0.39, 0.29) is 5.56 Å². The zero-order valence-corrected chi connectivity index (χ0v) is 13.3. The number of H-pyrrole nitrogens is 1. The highest BCUT2D eigenvalue weighted by molar-refractivity contribution is 7.95. The van der Waals surface area contributed by atoms with Gasteiger partial charge in [0.1, 0.15) is 5.75 Å². The molecule has 0 saturated carbocycles. The molecule has 0 fully saturated rings. The quantitative estimate of drug-likeness (QED) is 0.622. The lowest BCUT2D eigenvalue weighted by atomic mass is 10.0. The molecule has 0 bridgehead atoms. The Kier molecular flexibility index (Phi) is 4.61. The predicted molar refractivity (Wildman–Crippen MR) is 93.0 cm³/mol. The summed E-state index contributed by atoms with van der Waals surface area (Å²) in [5.74, 6) is 0.687. The molecule has 0 amide bonds. The Balaban J connectivity index is 2.08. The molecule has 4 N–H and O–H groups in total. The second kappa shape index (κ2) is 6.82. The highest BCUT2D eigenvalue weighted by atomic mass is 32.2. The molecule has 3 aromatic rings. The summed E-state index contributed by atoms with van der Waals surface area (Å²) < 4.78 is 8.24. The fourth-order valence-corrected chi connectivity index (χ4v) is 2.65. The zero-order chi connectivity index (χ0) is 16.2. The van der Waals surface area contributed by atoms with Crippen molar-refractivity contribution >= 4 is 22.9 Å². The van der Waals surface area contributed by atoms with Crippen LogP contribution in [0.4, 0.5) is 0 Å². The largest absolute Gasteiger partial charge is 0.497 e. The fourth-order valence-electron chi connectivity index (χ4n) is 2.40. The van der Waals surface area contributed by atoms with Crippen molar-refractivity contribution in [1.82, 2.24) is 14.9 Å². The molecule has 0 aliphatic carbocycles. The molecule has 1 aromatic heterocycles. The molecule has 0 aliphatic rings. The predicted octanol–water partition coefficient (Wildman–Crippen LogP) is 2.21. The van der Waals surface area contributed by atoms with Gasteiger partial charge < -0.3 is 4.74 Å². The van der Waals surface area contributed by atoms with Gasteiger partial charge in [0.25, 0.3) is 5.56 Å². The van der Waals surface area contributed by atoms with E-state index in [9.17, 15) is 4.79 Å². The molecule has 0 spiro atoms. The van der Waals surface area contributed by atoms with Crippen LogP contribution >= 0.6 is 12.1 Å². The van der Waals surface area contributed by atoms with Gasteiger partial charge in [-0.3, -0.25) is 9.93 Å². The number of benzene rings is 2. The number of methoxy groups -OCH3 is 1. The Labute approximate surface area is 137 Å². The van der Waals surface area contributed by atoms with Crippen LogP contribution in [0.5, 0.6) is 5.75 Å². The smallest absolute Gasteiger partial charge is 0.272 e. The van der Waals surface area contributed by atoms with Crippen LogP contribution in [0.25, 0.3) is 22.0 Å². The second-order valence-electron chi connectivity index (χ2n) is 4.95. The average molecular weight is 328 g/mol. The monoisotopic (exact) mass is 328 g/mol. The van der Waals surface area contributed by atoms with Gasteiger partial charge in [-0.15, -0.1) is 0 Å². The van der Waals surface area contributed by atoms with E-state index in [2.05, 4.69) is 14.9 Å². The lowest BCUT2D eigenvalue weighted by molar-refractivity contribution is 0.415. The van der Waals surface area contributed by atoms with Crippen LogP contribution < -0.4 is 20.2 Å². The molecule has 0 radical (unpaired) electrons. The van der Waals surface area contributed by atoms with E-state index in [1.54, 1.807) is 19.2 Å². The molecule has 7 heteroatoms. The van der Waals surface area contributed by atoms with E-state index < -0.39 is 0 Å². The second-order valence-corrected chi connectivity index (χ2v) is 5.47. The highest BCUT2D eigenvalue weighted by Gasteiger charge is 2.10. The van der Waals surface area contributed by atoms with Gasteiger partial charge in [0.05, 0.1) is 18.2 Å². The van der Waals surface area contributed by atoms with E-state index in [1.807, 2.05) is 30.3 Å². The number of fused-ring (bicyclic) bond motifs is 1. The van der Waals surface area contributed by atoms with Gasteiger partial charge in [0, 0.05) is 29.6 Å². The molecule has 118 valence electrons. The number of rotatable bonds is 5. The molecule has 0 unspecified atom stereocenters. The first-order chi connectivity index (χ1) is 11.2. The first kappa shape index (κ1) is 15.5. The molecule has 3 rings (SSSR count). The molecule has 0 saturated heterocycles. The van der Waals surface area contributed by atoms with Crippen LogP contribution in [0.3, 0.4) is 0 Å². The maximum Gasteiger partial charge on any atom is 0.272 e. The van der Waals surface area contributed by atoms with Gasteiger partial charge in [0.15, 0.2) is 0 Å². The zero-order valence-electron chi connectivity index (χ0n) is 12.5. The minimum atomic E-state index is -0.216. The molecule has 1 heterocycles. The lowest BCUT2D eigenvalue weighted by Crippen LogP contribution is -2.09. The van der Waals surface area contributed by atoms with Crippen LogP contribution in [0.15, 0.2) is 47.3 Å². The van der Waals surface area contributed by atoms with Gasteiger partial charge in [-0.25, -0.2) is 9.82 Å². The molecule has 23 heavy (non-hydrogen) atoms. The van der Waals surface area contributed by atoms with Crippen LogP contribution in [0, 0.1) is 0 Å². The Morgan fingerprint density at radius 2 is 2.00 bits per heavy atom. The molecular formula is C16H16N4O2S. The highest BCUT2D eigenvalue weighted by Crippen LogP contribution is 2.27. The SMILES string of the molecule is COc1ccc2c(=O)[nH]nc(-c3ccc(CNSN)cc3)c2c1. The first-order valence-electron chi connectivity index (χ1n) is 6.97. The third kappa shape index (κ3) is 3.21. The number of ether oxygens (including phenoxy) is 1. The normalized spacial score (nSPS) is 10.9. The van der Waals surface area contributed by atoms with Crippen LogP contribution in [0.2, 0.25) is 0 Å². The number of nitrogens with two attached hydrogens (primary N) is 1. The number of hydrogen-bond donors (Lipinski definition) is 3. The summed E-state index contributed by atoms with van der Waals surface area (Å²) in [6, 6.07) is 13.3. The van der Waals surface area contributed by atoms with Crippen molar-refractivity contribution in [3.05, 3.63) is 58.4 Å². The van der Waals surface area contributed by atoms with E-state index in [0.717, 1.165) is 28.6 Å². The van der Waals surface area contributed by atoms with Crippen LogP contribution in [0.1, 0.15) is 5.56 Å². The van der Waals surface area contributed by atoms with Crippen molar-refractivity contribution in [3.8, 4) is 17.0 Å². The third-order valence-electron chi connectivity index (χ3n) is 3.58. The van der Waals surface area contributed by atoms with Gasteiger partial charge >= 0.3 is 0 Å². The number of aromatic amines is 1. The van der Waals surface area contributed by atoms with Crippen LogP contribution in [-0.2, 0) is 6.54 Å². The van der Waals surface area contributed by atoms with E-state index in [0.29, 0.717) is 23.4 Å². The maximum absolute atomic E-state index is 12.0. The Hall–Kier alpha value is -2.35. The average Bonchev–Trinajstić information content (AvgIpc) is 2.60. The van der Waals surface area contributed by atoms with Crippen molar-refractivity contribution < 1.29 is 4.74 Å². The summed E-state index contributed by atoms with van der Waals surface area (Å²) in [4.78, 5) is 12.0. The molecule has 0 atom stereocenters. The van der Waals surface area contributed by atoms with Gasteiger partial charge in [0.2, 0.25) is 0 Å². The molecule has 2 aromatic carbocycles. The minimum absolute atomic E-state index is 0.216. The Morgan fingerprint density at radius 1 is 1.22 bits per heavy atom. The summed E-state index contributed by atoms with van der Waals surface area (Å²) in [7, 11) is 1.60. The number of aromatic nitrogens is 2. The third-order valence-corrected chi connectivity index (χ3v) is 3.89. The number of nitrogens with zero attached hydrogens (tertiary/aromatic N) is 1. The number of nitrogens with one attached hydrogen (secondary N) is 2. The van der Waals surface area contributed by atoms with Crippen LogP contribution in [-0.4, -0.2) is 17.3 Å². The first-order valence-corrected chi connectivity index (χ1v) is 7.85. The summed E-state index contributed by atoms with van der Waals surface area (Å²) in [6.45, 7) is 0.676. The Morgan fingerprint density at radius 3 is 2.70 bits per heavy atom. The van der Waals surface area contributed by atoms with Crippen molar-refractivity contribution in [1.29, 1.82) is 0 Å². The minimum Gasteiger partial charge on any atom is -0.497 e.